The second-order valence-electron chi connectivity index (χ2n) is 5.95. The molecule has 0 amide bonds. The van der Waals surface area contributed by atoms with E-state index in [0.717, 1.165) is 17.5 Å². The van der Waals surface area contributed by atoms with E-state index < -0.39 is 16.1 Å². The van der Waals surface area contributed by atoms with Gasteiger partial charge in [0.25, 0.3) is 0 Å². The van der Waals surface area contributed by atoms with Gasteiger partial charge in [-0.2, -0.15) is 0 Å². The molecular weight excluding hydrogens is 350 g/mol. The number of ether oxygens (including phenoxy) is 1. The first-order valence-corrected chi connectivity index (χ1v) is 9.96. The highest BCUT2D eigenvalue weighted by Crippen LogP contribution is 2.32. The predicted octanol–water partition coefficient (Wildman–Crippen LogP) is 3.66. The lowest BCUT2D eigenvalue weighted by molar-refractivity contribution is 0.450. The number of H-pyrrole nitrogens is 1. The average Bonchev–Trinajstić information content (AvgIpc) is 2.86. The molecule has 0 saturated heterocycles. The summed E-state index contributed by atoms with van der Waals surface area (Å²) in [5.41, 5.74) is 1.56. The van der Waals surface area contributed by atoms with E-state index in [1.807, 2.05) is 20.8 Å². The number of sulfonamides is 1. The fraction of sp³-hybridized carbons (Fsp3) is 0.438. The first-order chi connectivity index (χ1) is 11.2. The standard InChI is InChI=1S/C16H22ClN3O3S/c1-5-13-15(14(10(2)3)20-24(4,21)22)18-19-16(13)23-12-8-6-7-11(17)9-12/h6-10,14,20H,5H2,1-4H3,(H,18,19). The van der Waals surface area contributed by atoms with Gasteiger partial charge in [0.2, 0.25) is 15.9 Å². The molecule has 0 fully saturated rings. The molecule has 2 N–H and O–H groups in total. The van der Waals surface area contributed by atoms with Crippen LogP contribution in [-0.4, -0.2) is 24.9 Å². The Kier molecular flexibility index (Phi) is 5.90. The zero-order chi connectivity index (χ0) is 17.9. The first kappa shape index (κ1) is 18.8. The Hall–Kier alpha value is -1.57. The van der Waals surface area contributed by atoms with Crippen LogP contribution >= 0.6 is 11.6 Å². The number of hydrogen-bond acceptors (Lipinski definition) is 4. The van der Waals surface area contributed by atoms with Crippen LogP contribution in [0.3, 0.4) is 0 Å². The van der Waals surface area contributed by atoms with E-state index in [0.29, 0.717) is 23.1 Å². The minimum Gasteiger partial charge on any atom is -0.437 e. The minimum absolute atomic E-state index is 0.0458. The summed E-state index contributed by atoms with van der Waals surface area (Å²) in [7, 11) is -3.35. The van der Waals surface area contributed by atoms with Crippen molar-refractivity contribution in [2.45, 2.75) is 33.2 Å². The van der Waals surface area contributed by atoms with Crippen LogP contribution in [0.2, 0.25) is 5.02 Å². The van der Waals surface area contributed by atoms with Crippen molar-refractivity contribution < 1.29 is 13.2 Å². The molecule has 8 heteroatoms. The normalized spacial score (nSPS) is 13.2. The maximum Gasteiger partial charge on any atom is 0.241 e. The third-order valence-electron chi connectivity index (χ3n) is 3.54. The second-order valence-corrected chi connectivity index (χ2v) is 8.16. The third kappa shape index (κ3) is 4.72. The summed E-state index contributed by atoms with van der Waals surface area (Å²) in [5.74, 6) is 1.05. The smallest absolute Gasteiger partial charge is 0.241 e. The Morgan fingerprint density at radius 2 is 2.08 bits per heavy atom. The van der Waals surface area contributed by atoms with Crippen molar-refractivity contribution in [2.24, 2.45) is 5.92 Å². The molecule has 0 radical (unpaired) electrons. The van der Waals surface area contributed by atoms with Crippen LogP contribution in [0, 0.1) is 5.92 Å². The highest BCUT2D eigenvalue weighted by Gasteiger charge is 2.26. The molecule has 1 unspecified atom stereocenters. The van der Waals surface area contributed by atoms with E-state index >= 15 is 0 Å². The van der Waals surface area contributed by atoms with Crippen LogP contribution in [0.5, 0.6) is 11.6 Å². The molecule has 1 heterocycles. The van der Waals surface area contributed by atoms with Gasteiger partial charge >= 0.3 is 0 Å². The van der Waals surface area contributed by atoms with E-state index in [-0.39, 0.29) is 5.92 Å². The number of rotatable bonds is 7. The lowest BCUT2D eigenvalue weighted by Gasteiger charge is -2.21. The summed E-state index contributed by atoms with van der Waals surface area (Å²) in [4.78, 5) is 0. The number of nitrogens with one attached hydrogen (secondary N) is 2. The topological polar surface area (TPSA) is 84.1 Å². The molecule has 6 nitrogen and oxygen atoms in total. The zero-order valence-corrected chi connectivity index (χ0v) is 15.7. The summed E-state index contributed by atoms with van der Waals surface area (Å²) >= 11 is 5.97. The van der Waals surface area contributed by atoms with Gasteiger partial charge in [-0.3, -0.25) is 5.10 Å². The summed E-state index contributed by atoms with van der Waals surface area (Å²) in [5, 5.41) is 7.72. The fourth-order valence-corrected chi connectivity index (χ4v) is 3.48. The first-order valence-electron chi connectivity index (χ1n) is 7.69. The van der Waals surface area contributed by atoms with Crippen LogP contribution < -0.4 is 9.46 Å². The minimum atomic E-state index is -3.35. The lowest BCUT2D eigenvalue weighted by Crippen LogP contribution is -2.31. The van der Waals surface area contributed by atoms with Gasteiger partial charge in [0.15, 0.2) is 0 Å². The van der Waals surface area contributed by atoms with Crippen molar-refractivity contribution in [3.05, 3.63) is 40.5 Å². The molecule has 2 rings (SSSR count). The number of nitrogens with zero attached hydrogens (tertiary/aromatic N) is 1. The van der Waals surface area contributed by atoms with E-state index in [9.17, 15) is 8.42 Å². The van der Waals surface area contributed by atoms with Gasteiger partial charge < -0.3 is 4.74 Å². The van der Waals surface area contributed by atoms with Crippen LogP contribution in [0.4, 0.5) is 0 Å². The van der Waals surface area contributed by atoms with Crippen molar-refractivity contribution in [2.75, 3.05) is 6.26 Å². The quantitative estimate of drug-likeness (QED) is 0.777. The molecule has 24 heavy (non-hydrogen) atoms. The van der Waals surface area contributed by atoms with Crippen molar-refractivity contribution in [1.82, 2.24) is 14.9 Å². The Morgan fingerprint density at radius 3 is 2.62 bits per heavy atom. The molecule has 1 aromatic heterocycles. The van der Waals surface area contributed by atoms with E-state index in [4.69, 9.17) is 16.3 Å². The largest absolute Gasteiger partial charge is 0.437 e. The van der Waals surface area contributed by atoms with Gasteiger partial charge in [-0.05, 0) is 30.5 Å². The van der Waals surface area contributed by atoms with Gasteiger partial charge in [-0.25, -0.2) is 13.1 Å². The predicted molar refractivity (Wildman–Crippen MR) is 95.1 cm³/mol. The highest BCUT2D eigenvalue weighted by molar-refractivity contribution is 7.88. The fourth-order valence-electron chi connectivity index (χ4n) is 2.45. The maximum absolute atomic E-state index is 11.7. The summed E-state index contributed by atoms with van der Waals surface area (Å²) < 4.78 is 31.8. The van der Waals surface area contributed by atoms with Gasteiger partial charge in [-0.1, -0.05) is 38.4 Å². The molecule has 132 valence electrons. The maximum atomic E-state index is 11.7. The molecule has 2 aromatic rings. The van der Waals surface area contributed by atoms with Gasteiger partial charge in [-0.15, -0.1) is 5.10 Å². The van der Waals surface area contributed by atoms with Crippen molar-refractivity contribution >= 4 is 21.6 Å². The Labute approximate surface area is 147 Å². The van der Waals surface area contributed by atoms with Crippen molar-refractivity contribution in [3.63, 3.8) is 0 Å². The van der Waals surface area contributed by atoms with Gasteiger partial charge in [0.1, 0.15) is 5.75 Å². The van der Waals surface area contributed by atoms with Crippen LogP contribution in [0.1, 0.15) is 38.1 Å². The molecule has 0 aliphatic heterocycles. The molecule has 0 aliphatic rings. The summed E-state index contributed by atoms with van der Waals surface area (Å²) in [6.07, 6.45) is 1.80. The molecule has 0 spiro atoms. The molecule has 0 bridgehead atoms. The number of aromatic nitrogens is 2. The summed E-state index contributed by atoms with van der Waals surface area (Å²) in [6, 6.07) is 6.63. The molecule has 0 aliphatic carbocycles. The lowest BCUT2D eigenvalue weighted by atomic mass is 9.98. The van der Waals surface area contributed by atoms with Crippen molar-refractivity contribution in [3.8, 4) is 11.6 Å². The third-order valence-corrected chi connectivity index (χ3v) is 4.46. The monoisotopic (exact) mass is 371 g/mol. The second kappa shape index (κ2) is 7.55. The molecule has 0 saturated carbocycles. The van der Waals surface area contributed by atoms with Crippen molar-refractivity contribution in [1.29, 1.82) is 0 Å². The number of aromatic amines is 1. The summed E-state index contributed by atoms with van der Waals surface area (Å²) in [6.45, 7) is 5.86. The van der Waals surface area contributed by atoms with E-state index in [1.165, 1.54) is 0 Å². The number of hydrogen-bond donors (Lipinski definition) is 2. The molecule has 1 atom stereocenters. The number of benzene rings is 1. The molecule has 1 aromatic carbocycles. The number of halogens is 1. The molecular formula is C16H22ClN3O3S. The van der Waals surface area contributed by atoms with Gasteiger partial charge in [0.05, 0.1) is 18.0 Å². The van der Waals surface area contributed by atoms with Crippen LogP contribution in [0.15, 0.2) is 24.3 Å². The highest BCUT2D eigenvalue weighted by atomic mass is 35.5. The zero-order valence-electron chi connectivity index (χ0n) is 14.1. The van der Waals surface area contributed by atoms with Crippen LogP contribution in [-0.2, 0) is 16.4 Å². The Balaban J connectivity index is 2.37. The SMILES string of the molecule is CCc1c(Oc2cccc(Cl)c2)n[nH]c1C(NS(C)(=O)=O)C(C)C. The van der Waals surface area contributed by atoms with E-state index in [2.05, 4.69) is 14.9 Å². The van der Waals surface area contributed by atoms with E-state index in [1.54, 1.807) is 24.3 Å². The van der Waals surface area contributed by atoms with Crippen LogP contribution in [0.25, 0.3) is 0 Å². The average molecular weight is 372 g/mol. The van der Waals surface area contributed by atoms with Gasteiger partial charge in [0, 0.05) is 10.6 Å². The Morgan fingerprint density at radius 1 is 1.38 bits per heavy atom. The Bertz CT molecular complexity index is 803.